The molecular weight excluding hydrogens is 362 g/mol. The lowest BCUT2D eigenvalue weighted by Crippen LogP contribution is -2.13. The molecule has 2 N–H and O–H groups in total. The molecular formula is C13H8F6N2O2S. The number of methoxy groups -OCH3 is 1. The van der Waals surface area contributed by atoms with Crippen molar-refractivity contribution >= 4 is 23.0 Å². The van der Waals surface area contributed by atoms with Crippen LogP contribution in [-0.2, 0) is 17.1 Å². The van der Waals surface area contributed by atoms with Crippen LogP contribution in [0.3, 0.4) is 0 Å². The molecule has 0 radical (unpaired) electrons. The molecule has 1 aromatic heterocycles. The second kappa shape index (κ2) is 5.96. The molecule has 0 unspecified atom stereocenters. The topological polar surface area (TPSA) is 65.2 Å². The number of nitrogens with zero attached hydrogens (tertiary/aromatic N) is 1. The van der Waals surface area contributed by atoms with Crippen LogP contribution >= 0.6 is 11.3 Å². The predicted molar refractivity (Wildman–Crippen MR) is 73.3 cm³/mol. The van der Waals surface area contributed by atoms with Crippen molar-refractivity contribution in [3.05, 3.63) is 34.3 Å². The van der Waals surface area contributed by atoms with Gasteiger partial charge in [0.1, 0.15) is 5.01 Å². The summed E-state index contributed by atoms with van der Waals surface area (Å²) in [4.78, 5) is 14.6. The fraction of sp³-hybridized carbons (Fsp3) is 0.231. The van der Waals surface area contributed by atoms with Crippen molar-refractivity contribution in [2.24, 2.45) is 0 Å². The van der Waals surface area contributed by atoms with Gasteiger partial charge in [0.25, 0.3) is 0 Å². The Morgan fingerprint density at radius 2 is 1.79 bits per heavy atom. The molecule has 0 aliphatic heterocycles. The highest BCUT2D eigenvalue weighted by Crippen LogP contribution is 2.42. The van der Waals surface area contributed by atoms with Gasteiger partial charge in [-0.1, -0.05) is 0 Å². The van der Waals surface area contributed by atoms with E-state index in [4.69, 9.17) is 5.73 Å². The summed E-state index contributed by atoms with van der Waals surface area (Å²) in [6.07, 6.45) is -9.72. The molecule has 0 saturated carbocycles. The van der Waals surface area contributed by atoms with Crippen LogP contribution in [-0.4, -0.2) is 18.1 Å². The van der Waals surface area contributed by atoms with Gasteiger partial charge in [0.15, 0.2) is 5.69 Å². The summed E-state index contributed by atoms with van der Waals surface area (Å²) in [6.45, 7) is 0. The number of benzene rings is 1. The number of alkyl halides is 6. The van der Waals surface area contributed by atoms with E-state index in [9.17, 15) is 31.1 Å². The Bertz CT molecular complexity index is 782. The van der Waals surface area contributed by atoms with Crippen LogP contribution in [0.4, 0.5) is 32.0 Å². The van der Waals surface area contributed by atoms with Gasteiger partial charge in [0.2, 0.25) is 0 Å². The highest BCUT2D eigenvalue weighted by Gasteiger charge is 2.38. The molecule has 11 heteroatoms. The Kier molecular flexibility index (Phi) is 4.48. The van der Waals surface area contributed by atoms with E-state index in [1.165, 1.54) is 0 Å². The molecule has 2 rings (SSSR count). The summed E-state index contributed by atoms with van der Waals surface area (Å²) in [6, 6.07) is 1.19. The predicted octanol–water partition coefficient (Wildman–Crippen LogP) is 4.22. The quantitative estimate of drug-likeness (QED) is 0.489. The molecule has 2 aromatic rings. The van der Waals surface area contributed by atoms with Crippen LogP contribution in [0.15, 0.2) is 17.5 Å². The zero-order chi connectivity index (χ0) is 18.3. The lowest BCUT2D eigenvalue weighted by atomic mass is 10.0. The largest absolute Gasteiger partial charge is 0.465 e. The Balaban J connectivity index is 2.67. The fourth-order valence-corrected chi connectivity index (χ4v) is 2.70. The molecule has 0 bridgehead atoms. The van der Waals surface area contributed by atoms with Crippen LogP contribution in [0.25, 0.3) is 10.6 Å². The van der Waals surface area contributed by atoms with Gasteiger partial charge in [-0.05, 0) is 12.1 Å². The second-order valence-corrected chi connectivity index (χ2v) is 5.37. The summed E-state index contributed by atoms with van der Waals surface area (Å²) in [5.41, 5.74) is 1.33. The number of anilines is 1. The normalized spacial score (nSPS) is 12.3. The van der Waals surface area contributed by atoms with Crippen LogP contribution in [0.2, 0.25) is 0 Å². The van der Waals surface area contributed by atoms with Crippen molar-refractivity contribution in [1.29, 1.82) is 0 Å². The molecule has 0 saturated heterocycles. The summed E-state index contributed by atoms with van der Waals surface area (Å²) in [7, 11) is 0.958. The van der Waals surface area contributed by atoms with Crippen molar-refractivity contribution in [3.63, 3.8) is 0 Å². The molecule has 24 heavy (non-hydrogen) atoms. The number of carbonyl (C=O) groups excluding carboxylic acids is 1. The highest BCUT2D eigenvalue weighted by atomic mass is 32.1. The fourth-order valence-electron chi connectivity index (χ4n) is 1.84. The van der Waals surface area contributed by atoms with Crippen molar-refractivity contribution in [1.82, 2.24) is 4.98 Å². The Labute approximate surface area is 134 Å². The Morgan fingerprint density at radius 1 is 1.17 bits per heavy atom. The lowest BCUT2D eigenvalue weighted by Gasteiger charge is -2.14. The summed E-state index contributed by atoms with van der Waals surface area (Å²) in [5.74, 6) is -1.10. The standard InChI is InChI=1S/C13H8F6N2O2S/c1-23-11(22)6-2-7(12(14,15)16)5(3-8(6)20)10-21-9(4-24-10)13(17,18)19/h2-4H,20H2,1H3. The van der Waals surface area contributed by atoms with Crippen molar-refractivity contribution < 1.29 is 35.9 Å². The highest BCUT2D eigenvalue weighted by molar-refractivity contribution is 7.13. The van der Waals surface area contributed by atoms with Crippen molar-refractivity contribution in [2.75, 3.05) is 12.8 Å². The van der Waals surface area contributed by atoms with E-state index >= 15 is 0 Å². The monoisotopic (exact) mass is 370 g/mol. The van der Waals surface area contributed by atoms with Gasteiger partial charge < -0.3 is 10.5 Å². The Morgan fingerprint density at radius 3 is 2.25 bits per heavy atom. The number of aromatic nitrogens is 1. The number of ether oxygens (including phenoxy) is 1. The first-order valence-corrected chi connectivity index (χ1v) is 6.95. The molecule has 0 aliphatic carbocycles. The van der Waals surface area contributed by atoms with Crippen LogP contribution in [0.1, 0.15) is 21.6 Å². The number of nitrogen functional groups attached to an aromatic ring is 1. The third-order valence-electron chi connectivity index (χ3n) is 2.93. The molecule has 0 fully saturated rings. The van der Waals surface area contributed by atoms with Gasteiger partial charge in [-0.2, -0.15) is 26.3 Å². The number of esters is 1. The summed E-state index contributed by atoms with van der Waals surface area (Å²) in [5, 5.41) is 0.0812. The molecule has 1 aromatic carbocycles. The molecule has 0 atom stereocenters. The summed E-state index contributed by atoms with van der Waals surface area (Å²) < 4.78 is 81.7. The Hall–Kier alpha value is -2.30. The van der Waals surface area contributed by atoms with E-state index in [-0.39, 0.29) is 5.69 Å². The third kappa shape index (κ3) is 3.45. The molecule has 0 spiro atoms. The number of thiazole rings is 1. The van der Waals surface area contributed by atoms with Gasteiger partial charge in [-0.3, -0.25) is 0 Å². The minimum absolute atomic E-state index is 0.367. The zero-order valence-electron chi connectivity index (χ0n) is 11.7. The number of halogens is 6. The molecule has 1 heterocycles. The smallest absolute Gasteiger partial charge is 0.434 e. The zero-order valence-corrected chi connectivity index (χ0v) is 12.6. The van der Waals surface area contributed by atoms with E-state index in [1.807, 2.05) is 0 Å². The molecule has 4 nitrogen and oxygen atoms in total. The minimum atomic E-state index is -4.93. The van der Waals surface area contributed by atoms with Crippen molar-refractivity contribution in [2.45, 2.75) is 12.4 Å². The maximum absolute atomic E-state index is 13.2. The van der Waals surface area contributed by atoms with Crippen LogP contribution in [0.5, 0.6) is 0 Å². The van der Waals surface area contributed by atoms with Crippen LogP contribution < -0.4 is 5.73 Å². The van der Waals surface area contributed by atoms with E-state index < -0.39 is 45.7 Å². The van der Waals surface area contributed by atoms with E-state index in [0.29, 0.717) is 22.8 Å². The van der Waals surface area contributed by atoms with Gasteiger partial charge in [-0.15, -0.1) is 11.3 Å². The van der Waals surface area contributed by atoms with Crippen molar-refractivity contribution in [3.8, 4) is 10.6 Å². The molecule has 0 aliphatic rings. The van der Waals surface area contributed by atoms with Gasteiger partial charge in [0.05, 0.1) is 18.2 Å². The minimum Gasteiger partial charge on any atom is -0.465 e. The van der Waals surface area contributed by atoms with E-state index in [1.54, 1.807) is 0 Å². The number of carbonyl (C=O) groups is 1. The molecule has 130 valence electrons. The average Bonchev–Trinajstić information content (AvgIpc) is 2.94. The van der Waals surface area contributed by atoms with E-state index in [0.717, 1.165) is 13.2 Å². The lowest BCUT2D eigenvalue weighted by molar-refractivity contribution is -0.140. The van der Waals surface area contributed by atoms with E-state index in [2.05, 4.69) is 9.72 Å². The number of rotatable bonds is 2. The third-order valence-corrected chi connectivity index (χ3v) is 3.80. The van der Waals surface area contributed by atoms with Gasteiger partial charge >= 0.3 is 18.3 Å². The van der Waals surface area contributed by atoms with Crippen LogP contribution in [0, 0.1) is 0 Å². The maximum Gasteiger partial charge on any atom is 0.434 e. The molecule has 0 amide bonds. The first kappa shape index (κ1) is 18.0. The maximum atomic E-state index is 13.2. The van der Waals surface area contributed by atoms with Gasteiger partial charge in [0, 0.05) is 16.6 Å². The van der Waals surface area contributed by atoms with Gasteiger partial charge in [-0.25, -0.2) is 9.78 Å². The first-order chi connectivity index (χ1) is 10.9. The average molecular weight is 370 g/mol. The second-order valence-electron chi connectivity index (χ2n) is 4.51. The SMILES string of the molecule is COC(=O)c1cc(C(F)(F)F)c(-c2nc(C(F)(F)F)cs2)cc1N. The number of hydrogen-bond acceptors (Lipinski definition) is 5. The first-order valence-electron chi connectivity index (χ1n) is 6.07. The summed E-state index contributed by atoms with van der Waals surface area (Å²) >= 11 is 0.386. The number of nitrogens with two attached hydrogens (primary N) is 1. The number of hydrogen-bond donors (Lipinski definition) is 1.